The van der Waals surface area contributed by atoms with E-state index in [-0.39, 0.29) is 25.7 Å². The van der Waals surface area contributed by atoms with Gasteiger partial charge < -0.3 is 21.1 Å². The molecule has 0 spiro atoms. The normalized spacial score (nSPS) is 14.2. The molecule has 0 aromatic carbocycles. The fourth-order valence-corrected chi connectivity index (χ4v) is 7.30. The van der Waals surface area contributed by atoms with Gasteiger partial charge in [-0.1, -0.05) is 206 Å². The fraction of sp³-hybridized carbons (Fsp3) is 0.929. The zero-order chi connectivity index (χ0) is 37.5. The van der Waals surface area contributed by atoms with Crippen molar-refractivity contribution in [2.45, 2.75) is 231 Å². The number of unbranched alkanes of at least 4 members (excludes halogenated alkanes) is 29. The standard InChI is InChI=1S/C42H85N2O6P/c1-3-5-7-9-11-13-15-16-17-18-19-20-21-22-23-24-25-26-28-30-32-34-36-42(46)44-40(39-50-51(47,48)49-38-37-43)41(45)35-33-31-29-27-14-12-10-8-6-4-2/h33,35,40-41,45H,3-32,34,36-39,43H2,1-2H3,(H,44,46)(H,47,48)/b35-33+. The van der Waals surface area contributed by atoms with Gasteiger partial charge in [-0.05, 0) is 19.3 Å². The summed E-state index contributed by atoms with van der Waals surface area (Å²) in [4.78, 5) is 22.6. The van der Waals surface area contributed by atoms with Crippen molar-refractivity contribution in [3.05, 3.63) is 12.2 Å². The first-order valence-corrected chi connectivity index (χ1v) is 23.3. The molecule has 0 radical (unpaired) electrons. The average Bonchev–Trinajstić information content (AvgIpc) is 3.12. The number of phosphoric ester groups is 1. The maximum atomic E-state index is 12.7. The van der Waals surface area contributed by atoms with E-state index in [1.54, 1.807) is 6.08 Å². The summed E-state index contributed by atoms with van der Waals surface area (Å²) in [5.74, 6) is -0.192. The topological polar surface area (TPSA) is 131 Å². The third kappa shape index (κ3) is 37.4. The van der Waals surface area contributed by atoms with E-state index in [0.717, 1.165) is 38.5 Å². The van der Waals surface area contributed by atoms with Gasteiger partial charge in [-0.15, -0.1) is 0 Å². The Kier molecular flexibility index (Phi) is 38.4. The molecular formula is C42H85N2O6P. The second-order valence-corrected chi connectivity index (χ2v) is 16.4. The zero-order valence-electron chi connectivity index (χ0n) is 33.6. The van der Waals surface area contributed by atoms with Crippen molar-refractivity contribution >= 4 is 13.7 Å². The van der Waals surface area contributed by atoms with E-state index in [9.17, 15) is 19.4 Å². The van der Waals surface area contributed by atoms with Gasteiger partial charge in [-0.2, -0.15) is 0 Å². The third-order valence-electron chi connectivity index (χ3n) is 9.86. The van der Waals surface area contributed by atoms with E-state index in [0.29, 0.717) is 6.42 Å². The molecule has 1 amide bonds. The van der Waals surface area contributed by atoms with Crippen molar-refractivity contribution in [2.24, 2.45) is 5.73 Å². The summed E-state index contributed by atoms with van der Waals surface area (Å²) in [5.41, 5.74) is 5.36. The van der Waals surface area contributed by atoms with Gasteiger partial charge in [0.1, 0.15) is 0 Å². The molecule has 9 heteroatoms. The SMILES string of the molecule is CCCCCCCCCC/C=C/C(O)C(COP(=O)(O)OCCN)NC(=O)CCCCCCCCCCCCCCCCCCCCCCCC. The van der Waals surface area contributed by atoms with Crippen LogP contribution < -0.4 is 11.1 Å². The molecule has 0 saturated heterocycles. The lowest BCUT2D eigenvalue weighted by Gasteiger charge is -2.23. The van der Waals surface area contributed by atoms with Crippen LogP contribution in [0, 0.1) is 0 Å². The van der Waals surface area contributed by atoms with E-state index in [1.807, 2.05) is 6.08 Å². The Morgan fingerprint density at radius 2 is 1.00 bits per heavy atom. The number of allylic oxidation sites excluding steroid dienone is 1. The number of carbonyl (C=O) groups excluding carboxylic acids is 1. The molecule has 0 aliphatic carbocycles. The van der Waals surface area contributed by atoms with Crippen LogP contribution in [0.2, 0.25) is 0 Å². The molecule has 0 fully saturated rings. The monoisotopic (exact) mass is 745 g/mol. The average molecular weight is 745 g/mol. The lowest BCUT2D eigenvalue weighted by atomic mass is 10.0. The number of amides is 1. The molecule has 5 N–H and O–H groups in total. The number of aliphatic hydroxyl groups is 1. The molecule has 3 atom stereocenters. The van der Waals surface area contributed by atoms with E-state index in [1.165, 1.54) is 161 Å². The third-order valence-corrected chi connectivity index (χ3v) is 10.8. The Bertz CT molecular complexity index is 814. The predicted molar refractivity (Wildman–Crippen MR) is 217 cm³/mol. The molecule has 0 aliphatic heterocycles. The summed E-state index contributed by atoms with van der Waals surface area (Å²) in [6.45, 7) is 4.13. The number of hydrogen-bond acceptors (Lipinski definition) is 6. The summed E-state index contributed by atoms with van der Waals surface area (Å²) in [6.07, 6.45) is 42.7. The first-order valence-electron chi connectivity index (χ1n) is 21.8. The lowest BCUT2D eigenvalue weighted by molar-refractivity contribution is -0.123. The number of hydrogen-bond donors (Lipinski definition) is 4. The number of rotatable bonds is 41. The van der Waals surface area contributed by atoms with Crippen LogP contribution in [0.15, 0.2) is 12.2 Å². The molecule has 0 saturated carbocycles. The molecule has 0 heterocycles. The van der Waals surface area contributed by atoms with Crippen LogP contribution in [-0.4, -0.2) is 47.8 Å². The van der Waals surface area contributed by atoms with Gasteiger partial charge in [0.05, 0.1) is 25.4 Å². The number of nitrogens with two attached hydrogens (primary N) is 1. The van der Waals surface area contributed by atoms with E-state index in [4.69, 9.17) is 14.8 Å². The highest BCUT2D eigenvalue weighted by Gasteiger charge is 2.26. The van der Waals surface area contributed by atoms with Crippen molar-refractivity contribution in [1.29, 1.82) is 0 Å². The highest BCUT2D eigenvalue weighted by atomic mass is 31.2. The first-order chi connectivity index (χ1) is 24.9. The van der Waals surface area contributed by atoms with Gasteiger partial charge in [-0.3, -0.25) is 13.8 Å². The van der Waals surface area contributed by atoms with Crippen LogP contribution in [0.3, 0.4) is 0 Å². The van der Waals surface area contributed by atoms with Gasteiger partial charge in [0.25, 0.3) is 0 Å². The highest BCUT2D eigenvalue weighted by Crippen LogP contribution is 2.43. The van der Waals surface area contributed by atoms with Crippen LogP contribution in [-0.2, 0) is 18.4 Å². The molecule has 0 aliphatic rings. The molecule has 51 heavy (non-hydrogen) atoms. The summed E-state index contributed by atoms with van der Waals surface area (Å²) in [7, 11) is -4.33. The molecular weight excluding hydrogens is 659 g/mol. The van der Waals surface area contributed by atoms with E-state index < -0.39 is 20.0 Å². The van der Waals surface area contributed by atoms with Gasteiger partial charge in [-0.25, -0.2) is 4.57 Å². The molecule has 8 nitrogen and oxygen atoms in total. The van der Waals surface area contributed by atoms with E-state index >= 15 is 0 Å². The van der Waals surface area contributed by atoms with Crippen molar-refractivity contribution in [3.63, 3.8) is 0 Å². The Labute approximate surface area is 315 Å². The molecule has 0 aromatic rings. The Balaban J connectivity index is 4.03. The second-order valence-electron chi connectivity index (χ2n) is 14.9. The van der Waals surface area contributed by atoms with Crippen molar-refractivity contribution in [3.8, 4) is 0 Å². The van der Waals surface area contributed by atoms with Crippen molar-refractivity contribution in [2.75, 3.05) is 19.8 Å². The largest absolute Gasteiger partial charge is 0.472 e. The zero-order valence-corrected chi connectivity index (χ0v) is 34.5. The Morgan fingerprint density at radius 1 is 0.627 bits per heavy atom. The number of aliphatic hydroxyl groups excluding tert-OH is 1. The Morgan fingerprint density at radius 3 is 1.39 bits per heavy atom. The minimum atomic E-state index is -4.33. The quantitative estimate of drug-likeness (QED) is 0.0278. The van der Waals surface area contributed by atoms with Gasteiger partial charge >= 0.3 is 7.82 Å². The van der Waals surface area contributed by atoms with Gasteiger partial charge in [0.15, 0.2) is 0 Å². The molecule has 3 unspecified atom stereocenters. The smallest absolute Gasteiger partial charge is 0.387 e. The summed E-state index contributed by atoms with van der Waals surface area (Å²) in [5, 5.41) is 13.6. The molecule has 0 bridgehead atoms. The van der Waals surface area contributed by atoms with Crippen LogP contribution in [0.4, 0.5) is 0 Å². The molecule has 0 aromatic heterocycles. The second kappa shape index (κ2) is 38.9. The minimum Gasteiger partial charge on any atom is -0.387 e. The Hall–Kier alpha value is -0.760. The maximum Gasteiger partial charge on any atom is 0.472 e. The van der Waals surface area contributed by atoms with Crippen LogP contribution in [0.1, 0.15) is 219 Å². The number of nitrogens with one attached hydrogen (secondary N) is 1. The van der Waals surface area contributed by atoms with E-state index in [2.05, 4.69) is 19.2 Å². The predicted octanol–water partition coefficient (Wildman–Crippen LogP) is 12.0. The fourth-order valence-electron chi connectivity index (χ4n) is 6.54. The molecule has 0 rings (SSSR count). The van der Waals surface area contributed by atoms with Crippen LogP contribution in [0.5, 0.6) is 0 Å². The summed E-state index contributed by atoms with van der Waals surface area (Å²) >= 11 is 0. The first kappa shape index (κ1) is 50.2. The van der Waals surface area contributed by atoms with Crippen LogP contribution in [0.25, 0.3) is 0 Å². The maximum absolute atomic E-state index is 12.7. The summed E-state index contributed by atoms with van der Waals surface area (Å²) in [6, 6.07) is -0.853. The minimum absolute atomic E-state index is 0.0811. The lowest BCUT2D eigenvalue weighted by Crippen LogP contribution is -2.45. The number of phosphoric acid groups is 1. The van der Waals surface area contributed by atoms with Crippen molar-refractivity contribution in [1.82, 2.24) is 5.32 Å². The highest BCUT2D eigenvalue weighted by molar-refractivity contribution is 7.47. The van der Waals surface area contributed by atoms with Gasteiger partial charge in [0.2, 0.25) is 5.91 Å². The van der Waals surface area contributed by atoms with Crippen molar-refractivity contribution < 1.29 is 28.4 Å². The number of carbonyl (C=O) groups is 1. The molecule has 304 valence electrons. The summed E-state index contributed by atoms with van der Waals surface area (Å²) < 4.78 is 22.1. The van der Waals surface area contributed by atoms with Gasteiger partial charge in [0, 0.05) is 13.0 Å². The van der Waals surface area contributed by atoms with Crippen LogP contribution >= 0.6 is 7.82 Å².